The molecule has 0 saturated heterocycles. The van der Waals surface area contributed by atoms with Crippen molar-refractivity contribution in [2.45, 2.75) is 108 Å². The van der Waals surface area contributed by atoms with Crippen LogP contribution in [0.4, 0.5) is 0 Å². The van der Waals surface area contributed by atoms with Gasteiger partial charge in [-0.05, 0) is 56.7 Å². The number of nitrogens with one attached hydrogen (secondary N) is 8. The minimum absolute atomic E-state index is 0.0288. The van der Waals surface area contributed by atoms with Crippen molar-refractivity contribution in [1.29, 1.82) is 0 Å². The van der Waals surface area contributed by atoms with Gasteiger partial charge in [0.25, 0.3) is 0 Å². The third-order valence-corrected chi connectivity index (χ3v) is 9.34. The summed E-state index contributed by atoms with van der Waals surface area (Å²) in [5, 5.41) is 66.3. The van der Waals surface area contributed by atoms with Crippen molar-refractivity contribution in [2.24, 2.45) is 28.1 Å². The SMILES string of the molecule is CC(C)[C@H](NC(=O)[C@@H](N)CCC(=O)O)C(=O)NCC(=O)N[C@@H](CCCN=C(N)N)C(=O)NCC(=O)N[C@H](C(=O)N[C@@H](CO)C(=O)N[C@@H](C)C(=O)N[C@@H](Cc1ccc(O)cc1)C(=O)O)[C@@H](C)O. The number of amides is 8. The smallest absolute Gasteiger partial charge is 0.326 e. The number of aliphatic hydroxyl groups is 2. The molecule has 0 saturated carbocycles. The maximum absolute atomic E-state index is 13.2. The summed E-state index contributed by atoms with van der Waals surface area (Å²) in [4.78, 5) is 130. The fourth-order valence-electron chi connectivity index (χ4n) is 5.62. The van der Waals surface area contributed by atoms with E-state index in [2.05, 4.69) is 47.5 Å². The van der Waals surface area contributed by atoms with Crippen LogP contribution in [0, 0.1) is 5.92 Å². The third kappa shape index (κ3) is 21.5. The van der Waals surface area contributed by atoms with Crippen LogP contribution in [0.1, 0.15) is 58.9 Å². The minimum atomic E-state index is -1.77. The molecule has 19 N–H and O–H groups in total. The van der Waals surface area contributed by atoms with Crippen LogP contribution in [0.2, 0.25) is 0 Å². The van der Waals surface area contributed by atoms with Gasteiger partial charge in [-0.15, -0.1) is 0 Å². The molecule has 27 heteroatoms. The van der Waals surface area contributed by atoms with E-state index < -0.39 is 133 Å². The Kier molecular flexibility index (Phi) is 24.7. The van der Waals surface area contributed by atoms with Crippen molar-refractivity contribution < 1.29 is 73.5 Å². The van der Waals surface area contributed by atoms with Crippen LogP contribution in [-0.4, -0.2) is 165 Å². The fraction of sp³-hybridized carbons (Fsp3) is 0.564. The first-order valence-electron chi connectivity index (χ1n) is 20.5. The molecule has 0 bridgehead atoms. The molecule has 0 aliphatic carbocycles. The molecule has 8 atom stereocenters. The van der Waals surface area contributed by atoms with Crippen LogP contribution in [0.5, 0.6) is 5.75 Å². The molecule has 0 fully saturated rings. The van der Waals surface area contributed by atoms with E-state index in [4.69, 9.17) is 22.3 Å². The Bertz CT molecular complexity index is 1890. The molecule has 0 heterocycles. The van der Waals surface area contributed by atoms with Crippen LogP contribution in [0.15, 0.2) is 29.3 Å². The lowest BCUT2D eigenvalue weighted by atomic mass is 10.0. The number of guanidine groups is 1. The number of rotatable bonds is 29. The van der Waals surface area contributed by atoms with Crippen molar-refractivity contribution in [3.63, 3.8) is 0 Å². The number of phenolic OH excluding ortho intramolecular Hbond substituents is 1. The summed E-state index contributed by atoms with van der Waals surface area (Å²) < 4.78 is 0. The maximum atomic E-state index is 13.2. The van der Waals surface area contributed by atoms with E-state index in [0.717, 1.165) is 6.92 Å². The quantitative estimate of drug-likeness (QED) is 0.0202. The second-order valence-electron chi connectivity index (χ2n) is 15.3. The van der Waals surface area contributed by atoms with E-state index >= 15 is 0 Å². The number of carboxylic acid groups (broad SMARTS) is 2. The minimum Gasteiger partial charge on any atom is -0.508 e. The Hall–Kier alpha value is -7.13. The molecule has 1 aromatic rings. The highest BCUT2D eigenvalue weighted by molar-refractivity contribution is 5.97. The lowest BCUT2D eigenvalue weighted by Crippen LogP contribution is -2.60. The summed E-state index contributed by atoms with van der Waals surface area (Å²) in [6.07, 6.45) is -2.32. The molecular weight excluding hydrogens is 876 g/mol. The highest BCUT2D eigenvalue weighted by Crippen LogP contribution is 2.12. The summed E-state index contributed by atoms with van der Waals surface area (Å²) in [6, 6.07) is -4.52. The second-order valence-corrected chi connectivity index (χ2v) is 15.3. The highest BCUT2D eigenvalue weighted by atomic mass is 16.4. The van der Waals surface area contributed by atoms with Crippen LogP contribution < -0.4 is 59.7 Å². The van der Waals surface area contributed by atoms with Crippen LogP contribution in [0.25, 0.3) is 0 Å². The topological polar surface area (TPSA) is 459 Å². The van der Waals surface area contributed by atoms with E-state index in [-0.39, 0.29) is 50.4 Å². The predicted octanol–water partition coefficient (Wildman–Crippen LogP) is -6.54. The lowest BCUT2D eigenvalue weighted by molar-refractivity contribution is -0.142. The lowest BCUT2D eigenvalue weighted by Gasteiger charge is -2.25. The Balaban J connectivity index is 2.91. The zero-order chi connectivity index (χ0) is 50.3. The highest BCUT2D eigenvalue weighted by Gasteiger charge is 2.32. The number of carbonyl (C=O) groups is 10. The number of hydrogen-bond donors (Lipinski definition) is 16. The van der Waals surface area contributed by atoms with Gasteiger partial charge in [0.2, 0.25) is 47.3 Å². The second kappa shape index (κ2) is 28.6. The molecule has 0 aliphatic rings. The number of carboxylic acids is 2. The van der Waals surface area contributed by atoms with E-state index in [1.54, 1.807) is 13.8 Å². The number of carbonyl (C=O) groups excluding carboxylic acids is 8. The first-order valence-corrected chi connectivity index (χ1v) is 20.5. The van der Waals surface area contributed by atoms with E-state index in [0.29, 0.717) is 5.56 Å². The average molecular weight is 939 g/mol. The van der Waals surface area contributed by atoms with Gasteiger partial charge in [-0.2, -0.15) is 0 Å². The number of aliphatic imine (C=N–C) groups is 1. The van der Waals surface area contributed by atoms with Gasteiger partial charge in [0, 0.05) is 19.4 Å². The molecule has 27 nitrogen and oxygen atoms in total. The zero-order valence-corrected chi connectivity index (χ0v) is 36.9. The van der Waals surface area contributed by atoms with E-state index in [9.17, 15) is 68.4 Å². The van der Waals surface area contributed by atoms with Gasteiger partial charge in [0.15, 0.2) is 5.96 Å². The summed E-state index contributed by atoms with van der Waals surface area (Å²) in [7, 11) is 0. The fourth-order valence-corrected chi connectivity index (χ4v) is 5.62. The number of aliphatic carboxylic acids is 2. The molecule has 8 amide bonds. The van der Waals surface area contributed by atoms with Crippen LogP contribution in [-0.2, 0) is 54.4 Å². The zero-order valence-electron chi connectivity index (χ0n) is 36.9. The summed E-state index contributed by atoms with van der Waals surface area (Å²) in [5.74, 6) is -11.0. The van der Waals surface area contributed by atoms with Gasteiger partial charge in [0.1, 0.15) is 42.0 Å². The van der Waals surface area contributed by atoms with Crippen molar-refractivity contribution in [2.75, 3.05) is 26.2 Å². The molecular formula is C39H62N12O15. The monoisotopic (exact) mass is 938 g/mol. The van der Waals surface area contributed by atoms with Crippen molar-refractivity contribution in [1.82, 2.24) is 42.5 Å². The Morgan fingerprint density at radius 2 is 1.23 bits per heavy atom. The van der Waals surface area contributed by atoms with Crippen LogP contribution in [0.3, 0.4) is 0 Å². The molecule has 0 spiro atoms. The number of benzene rings is 1. The number of phenols is 1. The first kappa shape index (κ1) is 56.9. The van der Waals surface area contributed by atoms with Crippen LogP contribution >= 0.6 is 0 Å². The number of hydrogen-bond acceptors (Lipinski definition) is 15. The van der Waals surface area contributed by atoms with Gasteiger partial charge in [-0.25, -0.2) is 4.79 Å². The number of nitrogens with two attached hydrogens (primary N) is 3. The predicted molar refractivity (Wildman–Crippen MR) is 231 cm³/mol. The molecule has 1 aromatic carbocycles. The number of nitrogens with zero attached hydrogens (tertiary/aromatic N) is 1. The molecule has 0 unspecified atom stereocenters. The van der Waals surface area contributed by atoms with Crippen molar-refractivity contribution in [3.05, 3.63) is 29.8 Å². The third-order valence-electron chi connectivity index (χ3n) is 9.34. The van der Waals surface area contributed by atoms with Gasteiger partial charge >= 0.3 is 11.9 Å². The molecule has 1 rings (SSSR count). The number of aromatic hydroxyl groups is 1. The maximum Gasteiger partial charge on any atom is 0.326 e. The Labute approximate surface area is 378 Å². The molecule has 0 aliphatic heterocycles. The Morgan fingerprint density at radius 3 is 1.76 bits per heavy atom. The summed E-state index contributed by atoms with van der Waals surface area (Å²) in [6.45, 7) is 3.00. The van der Waals surface area contributed by atoms with Gasteiger partial charge < -0.3 is 85.3 Å². The largest absolute Gasteiger partial charge is 0.508 e. The Morgan fingerprint density at radius 1 is 0.652 bits per heavy atom. The van der Waals surface area contributed by atoms with Gasteiger partial charge in [-0.3, -0.25) is 48.1 Å². The summed E-state index contributed by atoms with van der Waals surface area (Å²) in [5.41, 5.74) is 16.9. The molecule has 66 heavy (non-hydrogen) atoms. The van der Waals surface area contributed by atoms with Gasteiger partial charge in [-0.1, -0.05) is 26.0 Å². The normalized spacial score (nSPS) is 14.5. The molecule has 0 aromatic heterocycles. The van der Waals surface area contributed by atoms with Crippen molar-refractivity contribution >= 4 is 65.2 Å². The standard InChI is InChI=1S/C39H62N12O15/c1-18(2)30(51-33(60)23(40)11-12-29(57)58)36(63)45-15-27(55)47-24(6-5-13-43-39(41)42)34(61)44-16-28(56)50-31(20(4)53)37(64)49-26(17-52)35(62)46-19(3)32(59)48-25(38(65)66)14-21-7-9-22(54)10-8-21/h7-10,18-20,23-26,30-31,52-54H,5-6,11-17,40H2,1-4H3,(H,44,61)(H,45,63)(H,46,62)(H,47,55)(H,48,59)(H,49,64)(H,50,56)(H,51,60)(H,57,58)(H,65,66)(H4,41,42,43)/t19-,20+,23-,24-,25-,26-,30-,31-/m0/s1. The van der Waals surface area contributed by atoms with E-state index in [1.807, 2.05) is 0 Å². The van der Waals surface area contributed by atoms with E-state index in [1.165, 1.54) is 31.2 Å². The van der Waals surface area contributed by atoms with Gasteiger partial charge in [0.05, 0.1) is 31.8 Å². The first-order chi connectivity index (χ1) is 30.9. The average Bonchev–Trinajstić information content (AvgIpc) is 3.24. The van der Waals surface area contributed by atoms with Crippen molar-refractivity contribution in [3.8, 4) is 5.75 Å². The molecule has 368 valence electrons. The summed E-state index contributed by atoms with van der Waals surface area (Å²) >= 11 is 0. The number of aliphatic hydroxyl groups excluding tert-OH is 2. The molecule has 0 radical (unpaired) electrons.